The van der Waals surface area contributed by atoms with Crippen molar-refractivity contribution in [2.45, 2.75) is 20.3 Å². The van der Waals surface area contributed by atoms with Crippen molar-refractivity contribution in [3.63, 3.8) is 0 Å². The Balaban J connectivity index is 1.52. The Morgan fingerprint density at radius 3 is 2.87 bits per heavy atom. The number of aryl methyl sites for hydroxylation is 2. The first-order valence-electron chi connectivity index (χ1n) is 7.88. The van der Waals surface area contributed by atoms with Crippen LogP contribution in [0.3, 0.4) is 0 Å². The molecule has 0 unspecified atom stereocenters. The van der Waals surface area contributed by atoms with Gasteiger partial charge in [-0.2, -0.15) is 4.98 Å². The van der Waals surface area contributed by atoms with Crippen LogP contribution in [0.25, 0.3) is 5.78 Å². The van der Waals surface area contributed by atoms with Gasteiger partial charge >= 0.3 is 0 Å². The van der Waals surface area contributed by atoms with E-state index in [1.807, 2.05) is 19.9 Å². The molecule has 0 aliphatic carbocycles. The lowest BCUT2D eigenvalue weighted by Gasteiger charge is -2.26. The predicted molar refractivity (Wildman–Crippen MR) is 84.2 cm³/mol. The third kappa shape index (κ3) is 4.02. The normalized spacial score (nSPS) is 15.9. The zero-order valence-electron chi connectivity index (χ0n) is 13.6. The third-order valence-corrected chi connectivity index (χ3v) is 3.83. The average Bonchev–Trinajstić information content (AvgIpc) is 2.91. The second kappa shape index (κ2) is 7.01. The topological polar surface area (TPSA) is 84.7 Å². The van der Waals surface area contributed by atoms with Gasteiger partial charge in [-0.15, -0.1) is 5.10 Å². The van der Waals surface area contributed by atoms with Crippen LogP contribution >= 0.6 is 0 Å². The van der Waals surface area contributed by atoms with Crippen LogP contribution in [-0.2, 0) is 16.0 Å². The molecule has 1 aliphatic heterocycles. The minimum absolute atomic E-state index is 0.0662. The quantitative estimate of drug-likeness (QED) is 0.817. The van der Waals surface area contributed by atoms with E-state index in [0.29, 0.717) is 18.1 Å². The number of morpholine rings is 1. The number of carbonyl (C=O) groups excluding carboxylic acids is 1. The monoisotopic (exact) mass is 318 g/mol. The summed E-state index contributed by atoms with van der Waals surface area (Å²) in [5.41, 5.74) is 1.85. The van der Waals surface area contributed by atoms with Gasteiger partial charge in [-0.05, 0) is 19.9 Å². The van der Waals surface area contributed by atoms with Gasteiger partial charge in [0.2, 0.25) is 5.91 Å². The molecule has 1 aliphatic rings. The van der Waals surface area contributed by atoms with Crippen LogP contribution in [0.5, 0.6) is 0 Å². The Bertz CT molecular complexity index is 693. The number of hydrogen-bond donors (Lipinski definition) is 1. The van der Waals surface area contributed by atoms with Gasteiger partial charge in [0, 0.05) is 37.6 Å². The summed E-state index contributed by atoms with van der Waals surface area (Å²) in [6.45, 7) is 8.72. The van der Waals surface area contributed by atoms with Crippen molar-refractivity contribution in [3.8, 4) is 0 Å². The van der Waals surface area contributed by atoms with E-state index in [1.165, 1.54) is 0 Å². The smallest absolute Gasteiger partial charge is 0.252 e. The molecule has 8 nitrogen and oxygen atoms in total. The molecule has 0 atom stereocenters. The first-order valence-corrected chi connectivity index (χ1v) is 7.88. The van der Waals surface area contributed by atoms with E-state index in [-0.39, 0.29) is 12.3 Å². The Morgan fingerprint density at radius 2 is 2.09 bits per heavy atom. The summed E-state index contributed by atoms with van der Waals surface area (Å²) in [6, 6.07) is 1.94. The highest BCUT2D eigenvalue weighted by molar-refractivity contribution is 5.77. The summed E-state index contributed by atoms with van der Waals surface area (Å²) < 4.78 is 6.97. The number of fused-ring (bicyclic) bond motifs is 1. The fourth-order valence-electron chi connectivity index (χ4n) is 2.67. The van der Waals surface area contributed by atoms with E-state index < -0.39 is 0 Å². The van der Waals surface area contributed by atoms with Crippen LogP contribution in [0, 0.1) is 13.8 Å². The van der Waals surface area contributed by atoms with Gasteiger partial charge in [0.05, 0.1) is 19.6 Å². The molecule has 124 valence electrons. The lowest BCUT2D eigenvalue weighted by molar-refractivity contribution is -0.120. The Hall–Kier alpha value is -2.06. The standard InChI is InChI=1S/C15H22N6O2/c1-11-9-12(2)21-15(17-11)18-13(19-21)10-14(22)16-3-4-20-5-7-23-8-6-20/h9H,3-8,10H2,1-2H3,(H,16,22). The van der Waals surface area contributed by atoms with Crippen LogP contribution < -0.4 is 5.32 Å². The maximum absolute atomic E-state index is 12.0. The average molecular weight is 318 g/mol. The van der Waals surface area contributed by atoms with Crippen molar-refractivity contribution in [2.24, 2.45) is 0 Å². The first kappa shape index (κ1) is 15.8. The van der Waals surface area contributed by atoms with Gasteiger partial charge in [0.15, 0.2) is 5.82 Å². The Labute approximate surface area is 134 Å². The van der Waals surface area contributed by atoms with E-state index in [4.69, 9.17) is 4.74 Å². The number of nitrogens with zero attached hydrogens (tertiary/aromatic N) is 5. The summed E-state index contributed by atoms with van der Waals surface area (Å²) in [6.07, 6.45) is 0.172. The second-order valence-corrected chi connectivity index (χ2v) is 5.76. The largest absolute Gasteiger partial charge is 0.379 e. The number of amides is 1. The van der Waals surface area contributed by atoms with E-state index in [0.717, 1.165) is 44.2 Å². The van der Waals surface area contributed by atoms with Crippen molar-refractivity contribution in [1.29, 1.82) is 0 Å². The SMILES string of the molecule is Cc1cc(C)n2nc(CC(=O)NCCN3CCOCC3)nc2n1. The molecule has 2 aromatic heterocycles. The molecule has 1 fully saturated rings. The molecule has 0 saturated carbocycles. The van der Waals surface area contributed by atoms with Gasteiger partial charge < -0.3 is 10.1 Å². The van der Waals surface area contributed by atoms with Gasteiger partial charge in [-0.3, -0.25) is 9.69 Å². The first-order chi connectivity index (χ1) is 11.1. The number of ether oxygens (including phenoxy) is 1. The number of aromatic nitrogens is 4. The van der Waals surface area contributed by atoms with Crippen LogP contribution in [0.1, 0.15) is 17.2 Å². The summed E-state index contributed by atoms with van der Waals surface area (Å²) in [7, 11) is 0. The van der Waals surface area contributed by atoms with E-state index in [2.05, 4.69) is 25.3 Å². The van der Waals surface area contributed by atoms with Crippen molar-refractivity contribution >= 4 is 11.7 Å². The number of nitrogens with one attached hydrogen (secondary N) is 1. The van der Waals surface area contributed by atoms with Crippen LogP contribution in [0.15, 0.2) is 6.07 Å². The summed E-state index contributed by atoms with van der Waals surface area (Å²) in [5, 5.41) is 7.26. The Kier molecular flexibility index (Phi) is 4.82. The summed E-state index contributed by atoms with van der Waals surface area (Å²) in [4.78, 5) is 23.0. The molecule has 0 radical (unpaired) electrons. The molecule has 0 bridgehead atoms. The summed E-state index contributed by atoms with van der Waals surface area (Å²) >= 11 is 0. The fourth-order valence-corrected chi connectivity index (χ4v) is 2.67. The third-order valence-electron chi connectivity index (χ3n) is 3.83. The minimum Gasteiger partial charge on any atom is -0.379 e. The Morgan fingerprint density at radius 1 is 1.30 bits per heavy atom. The molecule has 1 amide bonds. The van der Waals surface area contributed by atoms with Gasteiger partial charge in [-0.25, -0.2) is 9.50 Å². The summed E-state index contributed by atoms with van der Waals surface area (Å²) in [5.74, 6) is 0.970. The predicted octanol–water partition coefficient (Wildman–Crippen LogP) is -0.268. The molecule has 0 aromatic carbocycles. The number of carbonyl (C=O) groups is 1. The molecular weight excluding hydrogens is 296 g/mol. The van der Waals surface area contributed by atoms with Gasteiger partial charge in [0.1, 0.15) is 0 Å². The number of hydrogen-bond acceptors (Lipinski definition) is 6. The lowest BCUT2D eigenvalue weighted by atomic mass is 10.3. The molecule has 3 heterocycles. The maximum atomic E-state index is 12.0. The highest BCUT2D eigenvalue weighted by atomic mass is 16.5. The second-order valence-electron chi connectivity index (χ2n) is 5.76. The highest BCUT2D eigenvalue weighted by Gasteiger charge is 2.13. The molecule has 1 N–H and O–H groups in total. The van der Waals surface area contributed by atoms with Crippen molar-refractivity contribution in [2.75, 3.05) is 39.4 Å². The van der Waals surface area contributed by atoms with E-state index >= 15 is 0 Å². The number of rotatable bonds is 5. The van der Waals surface area contributed by atoms with Gasteiger partial charge in [0.25, 0.3) is 5.78 Å². The fraction of sp³-hybridized carbons (Fsp3) is 0.600. The van der Waals surface area contributed by atoms with E-state index in [1.54, 1.807) is 4.52 Å². The lowest BCUT2D eigenvalue weighted by Crippen LogP contribution is -2.41. The zero-order valence-corrected chi connectivity index (χ0v) is 13.6. The minimum atomic E-state index is -0.0662. The van der Waals surface area contributed by atoms with Crippen LogP contribution in [-0.4, -0.2) is 69.8 Å². The highest BCUT2D eigenvalue weighted by Crippen LogP contribution is 2.05. The molecular formula is C15H22N6O2. The van der Waals surface area contributed by atoms with Crippen molar-refractivity contribution < 1.29 is 9.53 Å². The van der Waals surface area contributed by atoms with Crippen molar-refractivity contribution in [1.82, 2.24) is 29.8 Å². The molecule has 2 aromatic rings. The molecule has 1 saturated heterocycles. The van der Waals surface area contributed by atoms with Crippen LogP contribution in [0.4, 0.5) is 0 Å². The van der Waals surface area contributed by atoms with E-state index in [9.17, 15) is 4.79 Å². The van der Waals surface area contributed by atoms with Crippen LogP contribution in [0.2, 0.25) is 0 Å². The maximum Gasteiger partial charge on any atom is 0.252 e. The molecule has 8 heteroatoms. The van der Waals surface area contributed by atoms with Gasteiger partial charge in [-0.1, -0.05) is 0 Å². The molecule has 23 heavy (non-hydrogen) atoms. The molecule has 3 rings (SSSR count). The zero-order chi connectivity index (χ0) is 16.2. The van der Waals surface area contributed by atoms with Crippen molar-refractivity contribution in [3.05, 3.63) is 23.3 Å². The molecule has 0 spiro atoms.